The molecule has 29 heavy (non-hydrogen) atoms. The van der Waals surface area contributed by atoms with Crippen LogP contribution in [0.15, 0.2) is 84.6 Å². The van der Waals surface area contributed by atoms with Gasteiger partial charge in [-0.15, -0.1) is 0 Å². The third kappa shape index (κ3) is 3.32. The molecule has 0 unspecified atom stereocenters. The minimum absolute atomic E-state index is 0.340. The maximum atomic E-state index is 13.5. The number of likely N-dealkylation sites (N-methyl/N-ethyl adjacent to an activating group) is 1. The predicted octanol–water partition coefficient (Wildman–Crippen LogP) is 5.07. The van der Waals surface area contributed by atoms with Gasteiger partial charge in [0, 0.05) is 17.8 Å². The van der Waals surface area contributed by atoms with Crippen molar-refractivity contribution in [3.05, 3.63) is 101 Å². The Morgan fingerprint density at radius 1 is 0.793 bits per heavy atom. The second-order valence-electron chi connectivity index (χ2n) is 6.86. The van der Waals surface area contributed by atoms with Crippen molar-refractivity contribution < 1.29 is 9.59 Å². The normalized spacial score (nSPS) is 14.0. The highest BCUT2D eigenvalue weighted by Gasteiger charge is 2.42. The number of nitrogens with zero attached hydrogens (tertiary/aromatic N) is 2. The second-order valence-corrected chi connectivity index (χ2v) is 7.29. The zero-order valence-corrected chi connectivity index (χ0v) is 16.9. The summed E-state index contributed by atoms with van der Waals surface area (Å²) in [4.78, 5) is 30.0. The summed E-state index contributed by atoms with van der Waals surface area (Å²) in [5.74, 6) is -0.690. The summed E-state index contributed by atoms with van der Waals surface area (Å²) in [5.41, 5.74) is 3.62. The predicted molar refractivity (Wildman–Crippen MR) is 117 cm³/mol. The monoisotopic (exact) mass is 402 g/mol. The molecule has 0 N–H and O–H groups in total. The molecular weight excluding hydrogens is 384 g/mol. The molecule has 3 aromatic rings. The van der Waals surface area contributed by atoms with Gasteiger partial charge in [-0.3, -0.25) is 9.59 Å². The standard InChI is InChI=1S/C24H19ClN2O2/c1-16-8-6-7-11-20(16)27-23(28)21(17-12-14-18(25)15-13-17)22(24(27)29)26(2)19-9-4-3-5-10-19/h3-15H,1-2H3. The molecule has 5 heteroatoms. The number of imide groups is 1. The number of aryl methyl sites for hydroxylation is 1. The lowest BCUT2D eigenvalue weighted by atomic mass is 10.0. The van der Waals surface area contributed by atoms with Gasteiger partial charge in [-0.2, -0.15) is 0 Å². The fourth-order valence-corrected chi connectivity index (χ4v) is 3.65. The van der Waals surface area contributed by atoms with Crippen LogP contribution in [0.1, 0.15) is 11.1 Å². The molecule has 0 saturated heterocycles. The van der Waals surface area contributed by atoms with E-state index in [0.29, 0.717) is 27.5 Å². The Morgan fingerprint density at radius 2 is 1.41 bits per heavy atom. The molecule has 0 aliphatic carbocycles. The van der Waals surface area contributed by atoms with Crippen LogP contribution in [0.3, 0.4) is 0 Å². The maximum absolute atomic E-state index is 13.5. The van der Waals surface area contributed by atoms with Crippen molar-refractivity contribution in [3.8, 4) is 0 Å². The number of carbonyl (C=O) groups is 2. The highest BCUT2D eigenvalue weighted by molar-refractivity contribution is 6.46. The smallest absolute Gasteiger partial charge is 0.282 e. The van der Waals surface area contributed by atoms with Crippen LogP contribution in [0.2, 0.25) is 5.02 Å². The SMILES string of the molecule is Cc1ccccc1N1C(=O)C(c2ccc(Cl)cc2)=C(N(C)c2ccccc2)C1=O. The van der Waals surface area contributed by atoms with Gasteiger partial charge in [0.25, 0.3) is 11.8 Å². The number of anilines is 2. The van der Waals surface area contributed by atoms with Crippen molar-refractivity contribution in [3.63, 3.8) is 0 Å². The number of amides is 2. The number of carbonyl (C=O) groups excluding carboxylic acids is 2. The lowest BCUT2D eigenvalue weighted by Gasteiger charge is -2.22. The van der Waals surface area contributed by atoms with Crippen LogP contribution in [-0.2, 0) is 9.59 Å². The van der Waals surface area contributed by atoms with Crippen molar-refractivity contribution in [1.29, 1.82) is 0 Å². The van der Waals surface area contributed by atoms with E-state index < -0.39 is 0 Å². The van der Waals surface area contributed by atoms with Crippen LogP contribution in [0.4, 0.5) is 11.4 Å². The average Bonchev–Trinajstić information content (AvgIpc) is 2.99. The zero-order chi connectivity index (χ0) is 20.5. The molecule has 0 fully saturated rings. The number of benzene rings is 3. The number of halogens is 1. The number of rotatable bonds is 4. The van der Waals surface area contributed by atoms with E-state index in [1.807, 2.05) is 55.5 Å². The van der Waals surface area contributed by atoms with Crippen LogP contribution < -0.4 is 9.80 Å². The molecule has 0 aromatic heterocycles. The Balaban J connectivity index is 1.90. The summed E-state index contributed by atoms with van der Waals surface area (Å²) in [6.45, 7) is 1.89. The Morgan fingerprint density at radius 3 is 2.07 bits per heavy atom. The lowest BCUT2D eigenvalue weighted by Crippen LogP contribution is -2.34. The third-order valence-corrected chi connectivity index (χ3v) is 5.28. The highest BCUT2D eigenvalue weighted by atomic mass is 35.5. The summed E-state index contributed by atoms with van der Waals surface area (Å²) in [7, 11) is 1.80. The van der Waals surface area contributed by atoms with Crippen molar-refractivity contribution >= 4 is 40.4 Å². The molecule has 0 bridgehead atoms. The van der Waals surface area contributed by atoms with E-state index in [0.717, 1.165) is 11.3 Å². The Kier molecular flexibility index (Phi) is 4.95. The average molecular weight is 403 g/mol. The molecule has 0 spiro atoms. The molecular formula is C24H19ClN2O2. The second kappa shape index (κ2) is 7.57. The zero-order valence-electron chi connectivity index (χ0n) is 16.1. The quantitative estimate of drug-likeness (QED) is 0.572. The summed E-state index contributed by atoms with van der Waals surface area (Å²) >= 11 is 6.03. The van der Waals surface area contributed by atoms with Gasteiger partial charge in [0.05, 0.1) is 11.3 Å². The van der Waals surface area contributed by atoms with Gasteiger partial charge in [0.2, 0.25) is 0 Å². The minimum atomic E-state index is -0.347. The van der Waals surface area contributed by atoms with E-state index in [2.05, 4.69) is 0 Å². The van der Waals surface area contributed by atoms with Gasteiger partial charge in [0.1, 0.15) is 5.70 Å². The van der Waals surface area contributed by atoms with E-state index in [1.165, 1.54) is 4.90 Å². The van der Waals surface area contributed by atoms with Crippen LogP contribution in [0, 0.1) is 6.92 Å². The van der Waals surface area contributed by atoms with E-state index >= 15 is 0 Å². The summed E-state index contributed by atoms with van der Waals surface area (Å²) in [6, 6.07) is 23.9. The first-order chi connectivity index (χ1) is 14.0. The molecule has 0 atom stereocenters. The third-order valence-electron chi connectivity index (χ3n) is 5.03. The number of hydrogen-bond donors (Lipinski definition) is 0. The van der Waals surface area contributed by atoms with Crippen LogP contribution in [0.5, 0.6) is 0 Å². The van der Waals surface area contributed by atoms with Crippen LogP contribution in [0.25, 0.3) is 5.57 Å². The molecule has 1 aliphatic rings. The van der Waals surface area contributed by atoms with E-state index in [-0.39, 0.29) is 11.8 Å². The fourth-order valence-electron chi connectivity index (χ4n) is 3.52. The van der Waals surface area contributed by atoms with Crippen molar-refractivity contribution in [2.45, 2.75) is 6.92 Å². The summed E-state index contributed by atoms with van der Waals surface area (Å²) in [6.07, 6.45) is 0. The van der Waals surface area contributed by atoms with Gasteiger partial charge < -0.3 is 4.90 Å². The van der Waals surface area contributed by atoms with Gasteiger partial charge in [-0.25, -0.2) is 4.90 Å². The molecule has 1 heterocycles. The largest absolute Gasteiger partial charge is 0.339 e. The van der Waals surface area contributed by atoms with Crippen LogP contribution >= 0.6 is 11.6 Å². The van der Waals surface area contributed by atoms with Gasteiger partial charge >= 0.3 is 0 Å². The molecule has 0 saturated carbocycles. The lowest BCUT2D eigenvalue weighted by molar-refractivity contribution is -0.120. The fraction of sp³-hybridized carbons (Fsp3) is 0.0833. The van der Waals surface area contributed by atoms with Crippen LogP contribution in [-0.4, -0.2) is 18.9 Å². The molecule has 3 aromatic carbocycles. The Bertz CT molecular complexity index is 1120. The summed E-state index contributed by atoms with van der Waals surface area (Å²) < 4.78 is 0. The number of para-hydroxylation sites is 2. The van der Waals surface area contributed by atoms with E-state index in [4.69, 9.17) is 11.6 Å². The van der Waals surface area contributed by atoms with Crippen molar-refractivity contribution in [1.82, 2.24) is 0 Å². The molecule has 144 valence electrons. The molecule has 4 nitrogen and oxygen atoms in total. The Hall–Kier alpha value is -3.37. The Labute approximate surface area is 174 Å². The topological polar surface area (TPSA) is 40.6 Å². The molecule has 4 rings (SSSR count). The first-order valence-electron chi connectivity index (χ1n) is 9.22. The summed E-state index contributed by atoms with van der Waals surface area (Å²) in [5, 5.41) is 0.569. The van der Waals surface area contributed by atoms with Gasteiger partial charge in [-0.05, 0) is 48.4 Å². The molecule has 2 amide bonds. The van der Waals surface area contributed by atoms with E-state index in [9.17, 15) is 9.59 Å². The van der Waals surface area contributed by atoms with Crippen molar-refractivity contribution in [2.24, 2.45) is 0 Å². The molecule has 1 aliphatic heterocycles. The van der Waals surface area contributed by atoms with Gasteiger partial charge in [-0.1, -0.05) is 60.1 Å². The number of hydrogen-bond acceptors (Lipinski definition) is 3. The minimum Gasteiger partial charge on any atom is -0.339 e. The maximum Gasteiger partial charge on any atom is 0.282 e. The van der Waals surface area contributed by atoms with Crippen molar-refractivity contribution in [2.75, 3.05) is 16.8 Å². The van der Waals surface area contributed by atoms with Gasteiger partial charge in [0.15, 0.2) is 0 Å². The highest BCUT2D eigenvalue weighted by Crippen LogP contribution is 2.37. The first kappa shape index (κ1) is 19.0. The van der Waals surface area contributed by atoms with E-state index in [1.54, 1.807) is 42.3 Å². The first-order valence-corrected chi connectivity index (χ1v) is 9.60. The molecule has 0 radical (unpaired) electrons.